The van der Waals surface area contributed by atoms with Crippen molar-refractivity contribution in [1.82, 2.24) is 4.90 Å². The van der Waals surface area contributed by atoms with Crippen LogP contribution in [0.25, 0.3) is 0 Å². The molecule has 0 radical (unpaired) electrons. The molecule has 2 rings (SSSR count). The predicted molar refractivity (Wildman–Crippen MR) is 84.6 cm³/mol. The third-order valence-corrected chi connectivity index (χ3v) is 4.38. The number of benzene rings is 1. The van der Waals surface area contributed by atoms with Gasteiger partial charge >= 0.3 is 0 Å². The highest BCUT2D eigenvalue weighted by Gasteiger charge is 2.21. The van der Waals surface area contributed by atoms with E-state index in [1.807, 2.05) is 17.0 Å². The van der Waals surface area contributed by atoms with E-state index in [0.29, 0.717) is 16.7 Å². The number of amides is 1. The van der Waals surface area contributed by atoms with Crippen molar-refractivity contribution in [2.45, 2.75) is 19.8 Å². The minimum Gasteiger partial charge on any atom is -0.483 e. The van der Waals surface area contributed by atoms with Crippen LogP contribution < -0.4 is 4.74 Å². The Morgan fingerprint density at radius 1 is 1.58 bits per heavy atom. The molecule has 1 saturated heterocycles. The Balaban J connectivity index is 1.91. The second-order valence-electron chi connectivity index (χ2n) is 4.95. The van der Waals surface area contributed by atoms with Gasteiger partial charge in [0.2, 0.25) is 0 Å². The zero-order valence-corrected chi connectivity index (χ0v) is 13.8. The Bertz CT molecular complexity index is 467. The molecule has 0 aliphatic carbocycles. The van der Waals surface area contributed by atoms with Gasteiger partial charge in [-0.15, -0.1) is 0 Å². The summed E-state index contributed by atoms with van der Waals surface area (Å²) in [5, 5.41) is 0.620. The summed E-state index contributed by atoms with van der Waals surface area (Å²) in [5.41, 5.74) is 0. The number of ether oxygens (including phenoxy) is 1. The van der Waals surface area contributed by atoms with Gasteiger partial charge in [-0.3, -0.25) is 4.79 Å². The summed E-state index contributed by atoms with van der Waals surface area (Å²) in [6.07, 6.45) is 2.29. The molecule has 0 bridgehead atoms. The van der Waals surface area contributed by atoms with E-state index >= 15 is 0 Å². The fourth-order valence-electron chi connectivity index (χ4n) is 2.23. The Kier molecular flexibility index (Phi) is 5.33. The Hall–Kier alpha value is -0.490. The van der Waals surface area contributed by atoms with E-state index in [0.717, 1.165) is 23.1 Å². The van der Waals surface area contributed by atoms with Gasteiger partial charge in [-0.2, -0.15) is 0 Å². The number of likely N-dealkylation sites (tertiary alicyclic amines) is 1. The molecule has 0 saturated carbocycles. The first kappa shape index (κ1) is 14.9. The minimum atomic E-state index is 0.0577. The largest absolute Gasteiger partial charge is 0.483 e. The first-order chi connectivity index (χ1) is 9.06. The molecule has 1 unspecified atom stereocenters. The van der Waals surface area contributed by atoms with Crippen molar-refractivity contribution >= 4 is 40.1 Å². The molecule has 104 valence electrons. The van der Waals surface area contributed by atoms with E-state index in [-0.39, 0.29) is 12.5 Å². The van der Waals surface area contributed by atoms with Gasteiger partial charge < -0.3 is 9.64 Å². The molecule has 0 N–H and O–H groups in total. The molecule has 1 aromatic rings. The monoisotopic (exact) mass is 393 g/mol. The molecule has 1 fully saturated rings. The Morgan fingerprint density at radius 2 is 2.37 bits per heavy atom. The minimum absolute atomic E-state index is 0.0577. The topological polar surface area (TPSA) is 29.5 Å². The van der Waals surface area contributed by atoms with E-state index in [1.165, 1.54) is 6.42 Å². The van der Waals surface area contributed by atoms with Crippen LogP contribution in [0.5, 0.6) is 5.75 Å². The average Bonchev–Trinajstić information content (AvgIpc) is 2.39. The van der Waals surface area contributed by atoms with Crippen LogP contribution in [0.15, 0.2) is 18.2 Å². The van der Waals surface area contributed by atoms with Gasteiger partial charge in [0, 0.05) is 18.1 Å². The molecule has 5 heteroatoms. The molecule has 1 amide bonds. The van der Waals surface area contributed by atoms with Gasteiger partial charge in [0.25, 0.3) is 5.91 Å². The molecule has 1 aliphatic rings. The number of carbonyl (C=O) groups is 1. The summed E-state index contributed by atoms with van der Waals surface area (Å²) >= 11 is 8.09. The fraction of sp³-hybridized carbons (Fsp3) is 0.500. The van der Waals surface area contributed by atoms with Crippen molar-refractivity contribution in [3.05, 3.63) is 26.8 Å². The Labute approximate surface area is 132 Å². The number of rotatable bonds is 3. The van der Waals surface area contributed by atoms with Crippen molar-refractivity contribution in [3.8, 4) is 5.75 Å². The standard InChI is InChI=1S/C14H17ClINO2/c1-10-3-2-6-17(8-10)14(18)9-19-13-7-11(15)4-5-12(13)16/h4-5,7,10H,2-3,6,8-9H2,1H3. The number of hydrogen-bond acceptors (Lipinski definition) is 2. The molecule has 0 aromatic heterocycles. The number of hydrogen-bond donors (Lipinski definition) is 0. The summed E-state index contributed by atoms with van der Waals surface area (Å²) in [7, 11) is 0. The smallest absolute Gasteiger partial charge is 0.260 e. The van der Waals surface area contributed by atoms with Gasteiger partial charge in [0.1, 0.15) is 5.75 Å². The van der Waals surface area contributed by atoms with Crippen LogP contribution >= 0.6 is 34.2 Å². The van der Waals surface area contributed by atoms with Crippen LogP contribution in [0, 0.1) is 9.49 Å². The summed E-state index contributed by atoms with van der Waals surface area (Å²) in [4.78, 5) is 14.0. The van der Waals surface area contributed by atoms with Crippen LogP contribution in [-0.4, -0.2) is 30.5 Å². The number of carbonyl (C=O) groups excluding carboxylic acids is 1. The zero-order valence-electron chi connectivity index (χ0n) is 10.9. The molecule has 1 aromatic carbocycles. The lowest BCUT2D eigenvalue weighted by molar-refractivity contribution is -0.135. The van der Waals surface area contributed by atoms with Crippen LogP contribution in [0.1, 0.15) is 19.8 Å². The lowest BCUT2D eigenvalue weighted by atomic mass is 10.0. The van der Waals surface area contributed by atoms with Crippen LogP contribution in [-0.2, 0) is 4.79 Å². The van der Waals surface area contributed by atoms with Crippen LogP contribution in [0.3, 0.4) is 0 Å². The first-order valence-electron chi connectivity index (χ1n) is 6.42. The summed E-state index contributed by atoms with van der Waals surface area (Å²) in [6, 6.07) is 5.44. The van der Waals surface area contributed by atoms with Crippen molar-refractivity contribution < 1.29 is 9.53 Å². The number of piperidine rings is 1. The highest BCUT2D eigenvalue weighted by Crippen LogP contribution is 2.25. The van der Waals surface area contributed by atoms with E-state index < -0.39 is 0 Å². The molecular formula is C14H17ClINO2. The second kappa shape index (κ2) is 6.79. The molecule has 1 atom stereocenters. The Morgan fingerprint density at radius 3 is 3.11 bits per heavy atom. The van der Waals surface area contributed by atoms with Crippen LogP contribution in [0.4, 0.5) is 0 Å². The lowest BCUT2D eigenvalue weighted by Gasteiger charge is -2.30. The number of nitrogens with zero attached hydrogens (tertiary/aromatic N) is 1. The van der Waals surface area contributed by atoms with E-state index in [2.05, 4.69) is 29.5 Å². The fourth-order valence-corrected chi connectivity index (χ4v) is 2.89. The molecular weight excluding hydrogens is 377 g/mol. The van der Waals surface area contributed by atoms with Gasteiger partial charge in [0.15, 0.2) is 6.61 Å². The third-order valence-electron chi connectivity index (χ3n) is 3.25. The molecule has 1 heterocycles. The van der Waals surface area contributed by atoms with Crippen molar-refractivity contribution in [1.29, 1.82) is 0 Å². The predicted octanol–water partition coefficient (Wildman–Crippen LogP) is 3.58. The van der Waals surface area contributed by atoms with Gasteiger partial charge in [-0.05, 0) is 59.5 Å². The molecule has 3 nitrogen and oxygen atoms in total. The van der Waals surface area contributed by atoms with Crippen molar-refractivity contribution in [2.75, 3.05) is 19.7 Å². The number of halogens is 2. The summed E-state index contributed by atoms with van der Waals surface area (Å²) < 4.78 is 6.54. The lowest BCUT2D eigenvalue weighted by Crippen LogP contribution is -2.41. The van der Waals surface area contributed by atoms with Gasteiger partial charge in [0.05, 0.1) is 3.57 Å². The maximum Gasteiger partial charge on any atom is 0.260 e. The molecule has 0 spiro atoms. The highest BCUT2D eigenvalue weighted by atomic mass is 127. The highest BCUT2D eigenvalue weighted by molar-refractivity contribution is 14.1. The van der Waals surface area contributed by atoms with Crippen molar-refractivity contribution in [3.63, 3.8) is 0 Å². The van der Waals surface area contributed by atoms with E-state index in [1.54, 1.807) is 6.07 Å². The summed E-state index contributed by atoms with van der Waals surface area (Å²) in [6.45, 7) is 3.96. The molecule has 19 heavy (non-hydrogen) atoms. The molecule has 1 aliphatic heterocycles. The average molecular weight is 394 g/mol. The maximum absolute atomic E-state index is 12.1. The van der Waals surface area contributed by atoms with Gasteiger partial charge in [-0.1, -0.05) is 18.5 Å². The first-order valence-corrected chi connectivity index (χ1v) is 7.87. The summed E-state index contributed by atoms with van der Waals surface area (Å²) in [5.74, 6) is 1.32. The SMILES string of the molecule is CC1CCCN(C(=O)COc2cc(Cl)ccc2I)C1. The quantitative estimate of drug-likeness (QED) is 0.735. The maximum atomic E-state index is 12.1. The van der Waals surface area contributed by atoms with E-state index in [9.17, 15) is 4.79 Å². The van der Waals surface area contributed by atoms with Crippen molar-refractivity contribution in [2.24, 2.45) is 5.92 Å². The van der Waals surface area contributed by atoms with E-state index in [4.69, 9.17) is 16.3 Å². The second-order valence-corrected chi connectivity index (χ2v) is 6.55. The normalized spacial score (nSPS) is 19.3. The third kappa shape index (κ3) is 4.24. The zero-order chi connectivity index (χ0) is 13.8. The van der Waals surface area contributed by atoms with Gasteiger partial charge in [-0.25, -0.2) is 0 Å². The van der Waals surface area contributed by atoms with Crippen LogP contribution in [0.2, 0.25) is 5.02 Å².